The van der Waals surface area contributed by atoms with Crippen LogP contribution in [0.25, 0.3) is 0 Å². The lowest BCUT2D eigenvalue weighted by Gasteiger charge is -2.02. The van der Waals surface area contributed by atoms with Gasteiger partial charge in [-0.05, 0) is 25.1 Å². The van der Waals surface area contributed by atoms with Gasteiger partial charge in [0.15, 0.2) is 15.5 Å². The molecule has 8 heteroatoms. The van der Waals surface area contributed by atoms with Crippen LogP contribution in [-0.4, -0.2) is 32.2 Å². The highest BCUT2D eigenvalue weighted by atomic mass is 32.2. The summed E-state index contributed by atoms with van der Waals surface area (Å²) in [6.45, 7) is 1.89. The Morgan fingerprint density at radius 3 is 2.81 bits per heavy atom. The van der Waals surface area contributed by atoms with E-state index < -0.39 is 15.8 Å². The summed E-state index contributed by atoms with van der Waals surface area (Å²) in [5, 5.41) is 0. The minimum absolute atomic E-state index is 0.0221. The summed E-state index contributed by atoms with van der Waals surface area (Å²) in [5.41, 5.74) is -0.0221. The van der Waals surface area contributed by atoms with Gasteiger partial charge in [-0.25, -0.2) is 13.2 Å². The summed E-state index contributed by atoms with van der Waals surface area (Å²) < 4.78 is 37.9. The SMILES string of the molecule is CCOC(=O)c1coc(Oc2cccc(S(C)(=O)=O)c2)n1. The van der Waals surface area contributed by atoms with Gasteiger partial charge in [-0.1, -0.05) is 6.07 Å². The highest BCUT2D eigenvalue weighted by Gasteiger charge is 2.15. The number of carbonyl (C=O) groups excluding carboxylic acids is 1. The number of benzene rings is 1. The zero-order valence-electron chi connectivity index (χ0n) is 11.4. The van der Waals surface area contributed by atoms with E-state index >= 15 is 0 Å². The van der Waals surface area contributed by atoms with E-state index in [1.807, 2.05) is 0 Å². The zero-order chi connectivity index (χ0) is 15.5. The van der Waals surface area contributed by atoms with Crippen molar-refractivity contribution < 1.29 is 27.1 Å². The molecule has 1 aromatic carbocycles. The van der Waals surface area contributed by atoms with Crippen molar-refractivity contribution in [2.75, 3.05) is 12.9 Å². The number of aromatic nitrogens is 1. The molecule has 2 aromatic rings. The van der Waals surface area contributed by atoms with Crippen molar-refractivity contribution in [1.82, 2.24) is 4.98 Å². The van der Waals surface area contributed by atoms with Crippen LogP contribution in [0.2, 0.25) is 0 Å². The topological polar surface area (TPSA) is 95.7 Å². The van der Waals surface area contributed by atoms with E-state index in [9.17, 15) is 13.2 Å². The number of carbonyl (C=O) groups is 1. The van der Waals surface area contributed by atoms with E-state index in [1.54, 1.807) is 13.0 Å². The molecular formula is C13H13NO6S. The molecule has 0 atom stereocenters. The van der Waals surface area contributed by atoms with Gasteiger partial charge in [0.1, 0.15) is 12.0 Å². The molecule has 2 rings (SSSR count). The first-order valence-electron chi connectivity index (χ1n) is 6.01. The van der Waals surface area contributed by atoms with Crippen LogP contribution in [0.4, 0.5) is 0 Å². The largest absolute Gasteiger partial charge is 0.461 e. The molecule has 1 heterocycles. The third-order valence-electron chi connectivity index (χ3n) is 2.41. The molecule has 21 heavy (non-hydrogen) atoms. The molecule has 112 valence electrons. The number of hydrogen-bond acceptors (Lipinski definition) is 7. The summed E-state index contributed by atoms with van der Waals surface area (Å²) in [5.74, 6) is -0.392. The molecule has 0 saturated carbocycles. The second-order valence-corrected chi connectivity index (χ2v) is 6.08. The van der Waals surface area contributed by atoms with Gasteiger partial charge in [-0.15, -0.1) is 0 Å². The first kappa shape index (κ1) is 15.0. The summed E-state index contributed by atoms with van der Waals surface area (Å²) >= 11 is 0. The van der Waals surface area contributed by atoms with Gasteiger partial charge in [0.2, 0.25) is 0 Å². The Morgan fingerprint density at radius 1 is 1.38 bits per heavy atom. The van der Waals surface area contributed by atoms with Crippen molar-refractivity contribution in [3.63, 3.8) is 0 Å². The number of sulfone groups is 1. The van der Waals surface area contributed by atoms with Gasteiger partial charge < -0.3 is 13.9 Å². The van der Waals surface area contributed by atoms with Crippen molar-refractivity contribution in [3.05, 3.63) is 36.2 Å². The van der Waals surface area contributed by atoms with Crippen LogP contribution in [0.5, 0.6) is 11.8 Å². The predicted octanol–water partition coefficient (Wildman–Crippen LogP) is 2.05. The van der Waals surface area contributed by atoms with E-state index in [2.05, 4.69) is 4.98 Å². The van der Waals surface area contributed by atoms with Gasteiger partial charge in [0.05, 0.1) is 11.5 Å². The number of hydrogen-bond donors (Lipinski definition) is 0. The molecule has 0 amide bonds. The molecule has 0 spiro atoms. The Morgan fingerprint density at radius 2 is 2.14 bits per heavy atom. The van der Waals surface area contributed by atoms with E-state index in [0.717, 1.165) is 12.5 Å². The second-order valence-electron chi connectivity index (χ2n) is 4.07. The van der Waals surface area contributed by atoms with Gasteiger partial charge in [-0.2, -0.15) is 4.98 Å². The summed E-state index contributed by atoms with van der Waals surface area (Å²) in [4.78, 5) is 15.3. The lowest BCUT2D eigenvalue weighted by Crippen LogP contribution is -2.04. The number of nitrogens with zero attached hydrogens (tertiary/aromatic N) is 1. The van der Waals surface area contributed by atoms with Crippen LogP contribution in [0.1, 0.15) is 17.4 Å². The third-order valence-corrected chi connectivity index (χ3v) is 3.52. The molecular weight excluding hydrogens is 298 g/mol. The lowest BCUT2D eigenvalue weighted by atomic mass is 10.3. The Kier molecular flexibility index (Phi) is 4.27. The van der Waals surface area contributed by atoms with Crippen LogP contribution < -0.4 is 4.74 Å². The Hall–Kier alpha value is -2.35. The van der Waals surface area contributed by atoms with E-state index in [0.29, 0.717) is 0 Å². The average Bonchev–Trinajstić information content (AvgIpc) is 2.87. The lowest BCUT2D eigenvalue weighted by molar-refractivity contribution is 0.0519. The number of rotatable bonds is 5. The Bertz CT molecular complexity index is 750. The second kappa shape index (κ2) is 5.96. The highest BCUT2D eigenvalue weighted by Crippen LogP contribution is 2.23. The fourth-order valence-corrected chi connectivity index (χ4v) is 2.13. The highest BCUT2D eigenvalue weighted by molar-refractivity contribution is 7.90. The van der Waals surface area contributed by atoms with E-state index in [-0.39, 0.29) is 29.0 Å². The molecule has 0 aliphatic carbocycles. The first-order chi connectivity index (χ1) is 9.90. The maximum atomic E-state index is 11.4. The average molecular weight is 311 g/mol. The maximum absolute atomic E-state index is 11.4. The molecule has 0 fully saturated rings. The molecule has 1 aromatic heterocycles. The zero-order valence-corrected chi connectivity index (χ0v) is 12.2. The van der Waals surface area contributed by atoms with Crippen molar-refractivity contribution in [2.24, 2.45) is 0 Å². The fourth-order valence-electron chi connectivity index (χ4n) is 1.47. The molecule has 0 unspecified atom stereocenters. The summed E-state index contributed by atoms with van der Waals surface area (Å²) in [7, 11) is -3.34. The van der Waals surface area contributed by atoms with Crippen molar-refractivity contribution >= 4 is 15.8 Å². The number of ether oxygens (including phenoxy) is 2. The predicted molar refractivity (Wildman–Crippen MR) is 72.1 cm³/mol. The van der Waals surface area contributed by atoms with Gasteiger partial charge in [0, 0.05) is 6.26 Å². The quantitative estimate of drug-likeness (QED) is 0.780. The van der Waals surface area contributed by atoms with Crippen LogP contribution in [0.15, 0.2) is 39.8 Å². The van der Waals surface area contributed by atoms with E-state index in [4.69, 9.17) is 13.9 Å². The molecule has 0 aliphatic rings. The van der Waals surface area contributed by atoms with Crippen molar-refractivity contribution in [1.29, 1.82) is 0 Å². The van der Waals surface area contributed by atoms with Crippen molar-refractivity contribution in [2.45, 2.75) is 11.8 Å². The van der Waals surface area contributed by atoms with Crippen LogP contribution in [0.3, 0.4) is 0 Å². The minimum atomic E-state index is -3.34. The fraction of sp³-hybridized carbons (Fsp3) is 0.231. The molecule has 0 saturated heterocycles. The van der Waals surface area contributed by atoms with Crippen molar-refractivity contribution in [3.8, 4) is 11.8 Å². The molecule has 7 nitrogen and oxygen atoms in total. The van der Waals surface area contributed by atoms with Crippen LogP contribution in [-0.2, 0) is 14.6 Å². The number of oxazole rings is 1. The third kappa shape index (κ3) is 3.82. The van der Waals surface area contributed by atoms with Gasteiger partial charge in [0.25, 0.3) is 0 Å². The standard InChI is InChI=1S/C13H13NO6S/c1-3-18-12(15)11-8-19-13(14-11)20-9-5-4-6-10(7-9)21(2,16)17/h4-8H,3H2,1-2H3. The Balaban J connectivity index is 2.18. The van der Waals surface area contributed by atoms with Crippen LogP contribution >= 0.6 is 0 Å². The van der Waals surface area contributed by atoms with Crippen LogP contribution in [0, 0.1) is 0 Å². The smallest absolute Gasteiger partial charge is 0.399 e. The molecule has 0 radical (unpaired) electrons. The molecule has 0 bridgehead atoms. The summed E-state index contributed by atoms with van der Waals surface area (Å²) in [6, 6.07) is 5.86. The van der Waals surface area contributed by atoms with Gasteiger partial charge >= 0.3 is 12.0 Å². The first-order valence-corrected chi connectivity index (χ1v) is 7.90. The molecule has 0 N–H and O–H groups in total. The van der Waals surface area contributed by atoms with Gasteiger partial charge in [-0.3, -0.25) is 0 Å². The maximum Gasteiger partial charge on any atom is 0.399 e. The number of esters is 1. The van der Waals surface area contributed by atoms with E-state index in [1.165, 1.54) is 18.2 Å². The summed E-state index contributed by atoms with van der Waals surface area (Å²) in [6.07, 6.45) is 2.02. The monoisotopic (exact) mass is 311 g/mol. The Labute approximate surface area is 121 Å². The normalized spacial score (nSPS) is 11.1. The minimum Gasteiger partial charge on any atom is -0.461 e. The molecule has 0 aliphatic heterocycles.